The average molecular weight is 564 g/mol. The highest BCUT2D eigenvalue weighted by atomic mass is 16.2. The van der Waals surface area contributed by atoms with Gasteiger partial charge in [-0.05, 0) is 61.8 Å². The van der Waals surface area contributed by atoms with E-state index in [2.05, 4.69) is 16.7 Å². The van der Waals surface area contributed by atoms with Crippen LogP contribution in [0.3, 0.4) is 0 Å². The molecule has 0 bridgehead atoms. The van der Waals surface area contributed by atoms with Gasteiger partial charge in [0.2, 0.25) is 23.6 Å². The molecule has 2 aromatic rings. The van der Waals surface area contributed by atoms with Crippen LogP contribution in [0.2, 0.25) is 0 Å². The molecule has 0 radical (unpaired) electrons. The summed E-state index contributed by atoms with van der Waals surface area (Å²) in [6.45, 7) is 0.422. The standard InChI is InChI=1S/C31H41N5O5/c32-15-7-6-12-23(30(40)36-26(29(34)39)19-28(33)38)18-27(37)25(16-20-8-2-1-3-9-20)35-31(41)24-14-13-21-10-4-5-11-22(21)17-24/h1-5,8-11,23-26H,6-7,12-19,32H2,(H2,33,38)(H2,34,39)(H,35,41)(H,36,40)/t23-,24?,25+,26+/m1/s1. The molecule has 10 nitrogen and oxygen atoms in total. The van der Waals surface area contributed by atoms with Crippen molar-refractivity contribution in [3.63, 3.8) is 0 Å². The monoisotopic (exact) mass is 563 g/mol. The van der Waals surface area contributed by atoms with Crippen molar-refractivity contribution < 1.29 is 24.0 Å². The number of aryl methyl sites for hydroxylation is 1. The Kier molecular flexibility index (Phi) is 12.0. The summed E-state index contributed by atoms with van der Waals surface area (Å²) in [7, 11) is 0. The molecule has 1 aliphatic carbocycles. The van der Waals surface area contributed by atoms with E-state index >= 15 is 0 Å². The Morgan fingerprint density at radius 2 is 1.51 bits per heavy atom. The number of ketones is 1. The smallest absolute Gasteiger partial charge is 0.240 e. The predicted octanol–water partition coefficient (Wildman–Crippen LogP) is 1.07. The zero-order valence-electron chi connectivity index (χ0n) is 23.3. The van der Waals surface area contributed by atoms with E-state index in [4.69, 9.17) is 17.2 Å². The van der Waals surface area contributed by atoms with Crippen LogP contribution in [0.4, 0.5) is 0 Å². The van der Waals surface area contributed by atoms with Crippen LogP contribution < -0.4 is 27.8 Å². The highest BCUT2D eigenvalue weighted by molar-refractivity contribution is 5.95. The second-order valence-corrected chi connectivity index (χ2v) is 10.7. The third-order valence-corrected chi connectivity index (χ3v) is 7.60. The second kappa shape index (κ2) is 15.7. The van der Waals surface area contributed by atoms with Gasteiger partial charge in [-0.15, -0.1) is 0 Å². The SMILES string of the molecule is NCCCC[C@H](CC(=O)[C@H](Cc1ccccc1)NC(=O)C1CCc2ccccc2C1)C(=O)N[C@@H](CC(N)=O)C(N)=O. The van der Waals surface area contributed by atoms with Crippen molar-refractivity contribution in [2.45, 2.75) is 69.9 Å². The fourth-order valence-electron chi connectivity index (χ4n) is 5.27. The Balaban J connectivity index is 1.76. The van der Waals surface area contributed by atoms with Gasteiger partial charge in [0.25, 0.3) is 0 Å². The molecule has 4 amide bonds. The highest BCUT2D eigenvalue weighted by Crippen LogP contribution is 2.26. The molecule has 0 saturated heterocycles. The van der Waals surface area contributed by atoms with E-state index in [9.17, 15) is 24.0 Å². The number of nitrogens with two attached hydrogens (primary N) is 3. The lowest BCUT2D eigenvalue weighted by atomic mass is 9.83. The van der Waals surface area contributed by atoms with Gasteiger partial charge in [-0.1, -0.05) is 61.0 Å². The number of hydrogen-bond acceptors (Lipinski definition) is 6. The number of Topliss-reactive ketones (excluding diaryl/α,β-unsaturated/α-hetero) is 1. The van der Waals surface area contributed by atoms with Gasteiger partial charge in [0.05, 0.1) is 12.5 Å². The molecule has 0 spiro atoms. The van der Waals surface area contributed by atoms with E-state index in [1.807, 2.05) is 48.5 Å². The van der Waals surface area contributed by atoms with E-state index in [1.54, 1.807) is 0 Å². The minimum Gasteiger partial charge on any atom is -0.370 e. The Labute approximate surface area is 240 Å². The van der Waals surface area contributed by atoms with Gasteiger partial charge in [-0.25, -0.2) is 0 Å². The number of primary amides is 2. The average Bonchev–Trinajstić information content (AvgIpc) is 2.95. The fourth-order valence-corrected chi connectivity index (χ4v) is 5.27. The number of carbonyl (C=O) groups excluding carboxylic acids is 5. The topological polar surface area (TPSA) is 187 Å². The number of fused-ring (bicyclic) bond motifs is 1. The number of benzene rings is 2. The van der Waals surface area contributed by atoms with Crippen molar-refractivity contribution in [2.75, 3.05) is 6.54 Å². The first-order chi connectivity index (χ1) is 19.7. The molecule has 0 fully saturated rings. The first-order valence-electron chi connectivity index (χ1n) is 14.2. The van der Waals surface area contributed by atoms with Gasteiger partial charge >= 0.3 is 0 Å². The Morgan fingerprint density at radius 3 is 2.17 bits per heavy atom. The summed E-state index contributed by atoms with van der Waals surface area (Å²) in [5.74, 6) is -3.81. The van der Waals surface area contributed by atoms with Crippen LogP contribution in [0, 0.1) is 11.8 Å². The molecule has 2 aromatic carbocycles. The zero-order chi connectivity index (χ0) is 29.8. The lowest BCUT2D eigenvalue weighted by Gasteiger charge is -2.27. The van der Waals surface area contributed by atoms with E-state index in [-0.39, 0.29) is 30.4 Å². The maximum Gasteiger partial charge on any atom is 0.240 e. The summed E-state index contributed by atoms with van der Waals surface area (Å²) >= 11 is 0. The Bertz CT molecular complexity index is 1220. The molecule has 3 rings (SSSR count). The Morgan fingerprint density at radius 1 is 0.829 bits per heavy atom. The van der Waals surface area contributed by atoms with Crippen LogP contribution >= 0.6 is 0 Å². The van der Waals surface area contributed by atoms with Crippen LogP contribution in [0.25, 0.3) is 0 Å². The molecule has 0 aromatic heterocycles. The maximum atomic E-state index is 13.7. The van der Waals surface area contributed by atoms with E-state index < -0.39 is 42.1 Å². The molecule has 0 heterocycles. The van der Waals surface area contributed by atoms with Gasteiger partial charge in [0.15, 0.2) is 5.78 Å². The number of nitrogens with one attached hydrogen (secondary N) is 2. The molecule has 8 N–H and O–H groups in total. The summed E-state index contributed by atoms with van der Waals surface area (Å²) in [5.41, 5.74) is 19.4. The van der Waals surface area contributed by atoms with Gasteiger partial charge in [-0.3, -0.25) is 24.0 Å². The lowest BCUT2D eigenvalue weighted by Crippen LogP contribution is -2.50. The largest absolute Gasteiger partial charge is 0.370 e. The fraction of sp³-hybridized carbons (Fsp3) is 0.452. The van der Waals surface area contributed by atoms with Crippen molar-refractivity contribution in [3.8, 4) is 0 Å². The third-order valence-electron chi connectivity index (χ3n) is 7.60. The summed E-state index contributed by atoms with van der Waals surface area (Å²) in [6, 6.07) is 15.3. The van der Waals surface area contributed by atoms with Crippen LogP contribution in [0.15, 0.2) is 54.6 Å². The van der Waals surface area contributed by atoms with E-state index in [0.717, 1.165) is 17.5 Å². The van der Waals surface area contributed by atoms with Crippen LogP contribution in [-0.2, 0) is 43.2 Å². The number of unbranched alkanes of at least 4 members (excludes halogenated alkanes) is 1. The molecular formula is C31H41N5O5. The number of hydrogen-bond donors (Lipinski definition) is 5. The summed E-state index contributed by atoms with van der Waals surface area (Å²) in [5, 5.41) is 5.47. The van der Waals surface area contributed by atoms with E-state index in [1.165, 1.54) is 5.56 Å². The minimum atomic E-state index is -1.28. The normalized spacial score (nSPS) is 16.5. The number of rotatable bonds is 16. The van der Waals surface area contributed by atoms with Crippen molar-refractivity contribution in [1.29, 1.82) is 0 Å². The van der Waals surface area contributed by atoms with Gasteiger partial charge < -0.3 is 27.8 Å². The van der Waals surface area contributed by atoms with Gasteiger partial charge in [0.1, 0.15) is 6.04 Å². The zero-order valence-corrected chi connectivity index (χ0v) is 23.3. The molecule has 1 unspecified atom stereocenters. The van der Waals surface area contributed by atoms with Crippen LogP contribution in [0.1, 0.15) is 55.2 Å². The van der Waals surface area contributed by atoms with Crippen molar-refractivity contribution in [3.05, 3.63) is 71.3 Å². The third kappa shape index (κ3) is 9.82. The number of amides is 4. The minimum absolute atomic E-state index is 0.163. The molecule has 41 heavy (non-hydrogen) atoms. The van der Waals surface area contributed by atoms with Crippen LogP contribution in [-0.4, -0.2) is 48.0 Å². The first-order valence-corrected chi connectivity index (χ1v) is 14.2. The first kappa shape index (κ1) is 31.5. The molecule has 220 valence electrons. The molecule has 10 heteroatoms. The molecule has 1 aliphatic rings. The van der Waals surface area contributed by atoms with Gasteiger partial charge in [0, 0.05) is 18.3 Å². The predicted molar refractivity (Wildman–Crippen MR) is 155 cm³/mol. The molecule has 4 atom stereocenters. The molecular weight excluding hydrogens is 522 g/mol. The maximum absolute atomic E-state index is 13.7. The van der Waals surface area contributed by atoms with Crippen molar-refractivity contribution in [1.82, 2.24) is 10.6 Å². The quantitative estimate of drug-likeness (QED) is 0.190. The van der Waals surface area contributed by atoms with Gasteiger partial charge in [-0.2, -0.15) is 0 Å². The highest BCUT2D eigenvalue weighted by Gasteiger charge is 2.32. The van der Waals surface area contributed by atoms with Crippen molar-refractivity contribution in [2.24, 2.45) is 29.0 Å². The second-order valence-electron chi connectivity index (χ2n) is 10.7. The lowest BCUT2D eigenvalue weighted by molar-refractivity contribution is -0.134. The Hall–Kier alpha value is -4.05. The molecule has 0 saturated carbocycles. The summed E-state index contributed by atoms with van der Waals surface area (Å²) in [4.78, 5) is 63.5. The number of carbonyl (C=O) groups is 5. The van der Waals surface area contributed by atoms with Crippen LogP contribution in [0.5, 0.6) is 0 Å². The van der Waals surface area contributed by atoms with Crippen molar-refractivity contribution >= 4 is 29.4 Å². The summed E-state index contributed by atoms with van der Waals surface area (Å²) < 4.78 is 0. The van der Waals surface area contributed by atoms with E-state index in [0.29, 0.717) is 38.6 Å². The molecule has 0 aliphatic heterocycles. The summed E-state index contributed by atoms with van der Waals surface area (Å²) in [6.07, 6.45) is 3.31.